The van der Waals surface area contributed by atoms with Crippen molar-refractivity contribution in [2.45, 2.75) is 32.6 Å². The molecule has 0 unspecified atom stereocenters. The molecule has 0 fully saturated rings. The van der Waals surface area contributed by atoms with E-state index in [2.05, 4.69) is 17.1 Å². The van der Waals surface area contributed by atoms with Crippen LogP contribution < -0.4 is 0 Å². The van der Waals surface area contributed by atoms with E-state index in [1.54, 1.807) is 6.92 Å². The topological polar surface area (TPSA) is 63.3 Å². The highest BCUT2D eigenvalue weighted by Crippen LogP contribution is 2.13. The van der Waals surface area contributed by atoms with E-state index in [1.807, 2.05) is 18.2 Å². The van der Waals surface area contributed by atoms with E-state index in [1.165, 1.54) is 5.56 Å². The molecule has 0 radical (unpaired) electrons. The average Bonchev–Trinajstić information content (AvgIpc) is 2.70. The molecule has 1 heterocycles. The number of carboxylic acids is 1. The average molecular weight is 259 g/mol. The van der Waals surface area contributed by atoms with E-state index in [0.717, 1.165) is 19.3 Å². The van der Waals surface area contributed by atoms with E-state index in [0.29, 0.717) is 17.3 Å². The minimum absolute atomic E-state index is 0.0754. The molecule has 4 heteroatoms. The zero-order valence-electron chi connectivity index (χ0n) is 10.9. The molecule has 1 aromatic heterocycles. The van der Waals surface area contributed by atoms with Gasteiger partial charge in [0.15, 0.2) is 5.89 Å². The molecule has 19 heavy (non-hydrogen) atoms. The van der Waals surface area contributed by atoms with Gasteiger partial charge in [0, 0.05) is 6.42 Å². The highest BCUT2D eigenvalue weighted by Gasteiger charge is 2.12. The summed E-state index contributed by atoms with van der Waals surface area (Å²) in [6, 6.07) is 10.2. The van der Waals surface area contributed by atoms with Crippen LogP contribution >= 0.6 is 0 Å². The minimum atomic E-state index is -0.882. The van der Waals surface area contributed by atoms with Gasteiger partial charge in [-0.05, 0) is 25.3 Å². The molecule has 0 saturated carbocycles. The number of hydrogen-bond donors (Lipinski definition) is 1. The van der Waals surface area contributed by atoms with E-state index in [4.69, 9.17) is 9.52 Å². The van der Waals surface area contributed by atoms with Gasteiger partial charge in [0.2, 0.25) is 0 Å². The highest BCUT2D eigenvalue weighted by atomic mass is 16.4. The first-order chi connectivity index (χ1) is 9.15. The zero-order chi connectivity index (χ0) is 13.7. The first-order valence-electron chi connectivity index (χ1n) is 6.36. The number of rotatable bonds is 6. The molecule has 1 N–H and O–H groups in total. The van der Waals surface area contributed by atoms with Gasteiger partial charge < -0.3 is 9.52 Å². The second-order valence-corrected chi connectivity index (χ2v) is 4.52. The summed E-state index contributed by atoms with van der Waals surface area (Å²) in [4.78, 5) is 14.9. The lowest BCUT2D eigenvalue weighted by molar-refractivity contribution is -0.136. The highest BCUT2D eigenvalue weighted by molar-refractivity contribution is 5.69. The van der Waals surface area contributed by atoms with Crippen LogP contribution in [0.2, 0.25) is 0 Å². The molecule has 0 spiro atoms. The summed E-state index contributed by atoms with van der Waals surface area (Å²) >= 11 is 0. The Bertz CT molecular complexity index is 546. The molecule has 0 aliphatic heterocycles. The molecule has 1 aromatic carbocycles. The molecule has 0 atom stereocenters. The molecule has 100 valence electrons. The van der Waals surface area contributed by atoms with Crippen molar-refractivity contribution < 1.29 is 14.3 Å². The van der Waals surface area contributed by atoms with Gasteiger partial charge in [0.05, 0.1) is 12.1 Å². The SMILES string of the molecule is Cc1oc(CCCc2ccccc2)nc1CC(=O)O. The fourth-order valence-corrected chi connectivity index (χ4v) is 1.99. The number of aromatic nitrogens is 1. The summed E-state index contributed by atoms with van der Waals surface area (Å²) < 4.78 is 5.48. The summed E-state index contributed by atoms with van der Waals surface area (Å²) in [7, 11) is 0. The number of nitrogens with zero attached hydrogens (tertiary/aromatic N) is 1. The third-order valence-corrected chi connectivity index (χ3v) is 2.95. The molecule has 4 nitrogen and oxygen atoms in total. The normalized spacial score (nSPS) is 10.6. The lowest BCUT2D eigenvalue weighted by Gasteiger charge is -1.98. The second-order valence-electron chi connectivity index (χ2n) is 4.52. The van der Waals surface area contributed by atoms with Crippen molar-refractivity contribution in [3.8, 4) is 0 Å². The van der Waals surface area contributed by atoms with Gasteiger partial charge in [0.1, 0.15) is 5.76 Å². The first kappa shape index (κ1) is 13.3. The van der Waals surface area contributed by atoms with Gasteiger partial charge in [-0.25, -0.2) is 4.98 Å². The molecule has 0 saturated heterocycles. The Morgan fingerprint density at radius 1 is 1.26 bits per heavy atom. The Hall–Kier alpha value is -2.10. The van der Waals surface area contributed by atoms with Gasteiger partial charge in [-0.15, -0.1) is 0 Å². The lowest BCUT2D eigenvalue weighted by Crippen LogP contribution is -2.01. The molecule has 0 aliphatic rings. The number of benzene rings is 1. The quantitative estimate of drug-likeness (QED) is 0.866. The van der Waals surface area contributed by atoms with E-state index in [-0.39, 0.29) is 6.42 Å². The maximum Gasteiger partial charge on any atom is 0.309 e. The third-order valence-electron chi connectivity index (χ3n) is 2.95. The Morgan fingerprint density at radius 2 is 2.00 bits per heavy atom. The summed E-state index contributed by atoms with van der Waals surface area (Å²) in [6.07, 6.45) is 2.57. The van der Waals surface area contributed by atoms with E-state index < -0.39 is 5.97 Å². The Labute approximate surface area is 112 Å². The number of carbonyl (C=O) groups is 1. The molecule has 2 rings (SSSR count). The lowest BCUT2D eigenvalue weighted by atomic mass is 10.1. The van der Waals surface area contributed by atoms with Crippen LogP contribution in [0.5, 0.6) is 0 Å². The largest absolute Gasteiger partial charge is 0.481 e. The van der Waals surface area contributed by atoms with Crippen molar-refractivity contribution in [2.24, 2.45) is 0 Å². The van der Waals surface area contributed by atoms with Crippen LogP contribution in [0.4, 0.5) is 0 Å². The first-order valence-corrected chi connectivity index (χ1v) is 6.36. The van der Waals surface area contributed by atoms with Crippen LogP contribution in [-0.2, 0) is 24.1 Å². The number of oxazole rings is 1. The monoisotopic (exact) mass is 259 g/mol. The summed E-state index contributed by atoms with van der Waals surface area (Å²) in [5.41, 5.74) is 1.82. The molecular formula is C15H17NO3. The van der Waals surface area contributed by atoms with E-state index in [9.17, 15) is 4.79 Å². The van der Waals surface area contributed by atoms with Crippen LogP contribution in [0.3, 0.4) is 0 Å². The maximum atomic E-state index is 10.6. The fraction of sp³-hybridized carbons (Fsp3) is 0.333. The van der Waals surface area contributed by atoms with Crippen LogP contribution in [0, 0.1) is 6.92 Å². The van der Waals surface area contributed by atoms with Crippen molar-refractivity contribution in [1.29, 1.82) is 0 Å². The second kappa shape index (κ2) is 6.18. The Kier molecular flexibility index (Phi) is 4.34. The zero-order valence-corrected chi connectivity index (χ0v) is 10.9. The van der Waals surface area contributed by atoms with Crippen molar-refractivity contribution in [1.82, 2.24) is 4.98 Å². The van der Waals surface area contributed by atoms with Crippen molar-refractivity contribution in [2.75, 3.05) is 0 Å². The smallest absolute Gasteiger partial charge is 0.309 e. The van der Waals surface area contributed by atoms with E-state index >= 15 is 0 Å². The van der Waals surface area contributed by atoms with Gasteiger partial charge in [-0.3, -0.25) is 4.79 Å². The van der Waals surface area contributed by atoms with Crippen molar-refractivity contribution in [3.63, 3.8) is 0 Å². The number of carboxylic acid groups (broad SMARTS) is 1. The van der Waals surface area contributed by atoms with Gasteiger partial charge >= 0.3 is 5.97 Å². The molecule has 2 aromatic rings. The third kappa shape index (κ3) is 3.95. The van der Waals surface area contributed by atoms with Gasteiger partial charge in [0.25, 0.3) is 0 Å². The van der Waals surface area contributed by atoms with Crippen molar-refractivity contribution >= 4 is 5.97 Å². The minimum Gasteiger partial charge on any atom is -0.481 e. The number of aliphatic carboxylic acids is 1. The molecule has 0 aliphatic carbocycles. The molecular weight excluding hydrogens is 242 g/mol. The number of aryl methyl sites for hydroxylation is 3. The maximum absolute atomic E-state index is 10.6. The van der Waals surface area contributed by atoms with Crippen LogP contribution in [-0.4, -0.2) is 16.1 Å². The van der Waals surface area contributed by atoms with Crippen LogP contribution in [0.15, 0.2) is 34.7 Å². The summed E-state index contributed by atoms with van der Waals surface area (Å²) in [5, 5.41) is 8.74. The summed E-state index contributed by atoms with van der Waals surface area (Å²) in [5.74, 6) is 0.356. The summed E-state index contributed by atoms with van der Waals surface area (Å²) in [6.45, 7) is 1.76. The predicted octanol–water partition coefficient (Wildman–Crippen LogP) is 2.79. The Balaban J connectivity index is 1.88. The molecule has 0 bridgehead atoms. The fourth-order valence-electron chi connectivity index (χ4n) is 1.99. The molecule has 0 amide bonds. The predicted molar refractivity (Wildman–Crippen MR) is 71.0 cm³/mol. The standard InChI is InChI=1S/C15H17NO3/c1-11-13(10-15(17)18)16-14(19-11)9-5-8-12-6-3-2-4-7-12/h2-4,6-7H,5,8-10H2,1H3,(H,17,18). The van der Waals surface area contributed by atoms with Crippen LogP contribution in [0.1, 0.15) is 29.3 Å². The van der Waals surface area contributed by atoms with Crippen molar-refractivity contribution in [3.05, 3.63) is 53.2 Å². The van der Waals surface area contributed by atoms with Gasteiger partial charge in [-0.2, -0.15) is 0 Å². The van der Waals surface area contributed by atoms with Gasteiger partial charge in [-0.1, -0.05) is 30.3 Å². The Morgan fingerprint density at radius 3 is 2.68 bits per heavy atom. The number of hydrogen-bond acceptors (Lipinski definition) is 3. The van der Waals surface area contributed by atoms with Crippen LogP contribution in [0.25, 0.3) is 0 Å².